The van der Waals surface area contributed by atoms with Crippen LogP contribution in [0.3, 0.4) is 0 Å². The maximum Gasteiger partial charge on any atom is 0.0365 e. The SMILES string of the molecule is CCCC(C)C(NCC)C1(N2CCCCC2)CCCC1. The highest BCUT2D eigenvalue weighted by molar-refractivity contribution is 5.05. The number of rotatable bonds is 7. The van der Waals surface area contributed by atoms with E-state index in [0.29, 0.717) is 11.6 Å². The molecular formula is C18H36N2. The van der Waals surface area contributed by atoms with E-state index >= 15 is 0 Å². The van der Waals surface area contributed by atoms with Crippen LogP contribution in [0.1, 0.15) is 78.6 Å². The predicted octanol–water partition coefficient (Wildman–Crippen LogP) is 4.20. The second-order valence-electron chi connectivity index (χ2n) is 7.16. The molecule has 2 fully saturated rings. The number of likely N-dealkylation sites (N-methyl/N-ethyl adjacent to an activating group) is 1. The molecular weight excluding hydrogens is 244 g/mol. The summed E-state index contributed by atoms with van der Waals surface area (Å²) in [6.45, 7) is 10.9. The average molecular weight is 280 g/mol. The summed E-state index contributed by atoms with van der Waals surface area (Å²) in [6.07, 6.45) is 12.7. The first-order valence-electron chi connectivity index (χ1n) is 9.23. The van der Waals surface area contributed by atoms with Crippen LogP contribution in [0.2, 0.25) is 0 Å². The second-order valence-corrected chi connectivity index (χ2v) is 7.16. The van der Waals surface area contributed by atoms with E-state index in [9.17, 15) is 0 Å². The first-order valence-corrected chi connectivity index (χ1v) is 9.23. The van der Waals surface area contributed by atoms with Gasteiger partial charge in [0.05, 0.1) is 0 Å². The van der Waals surface area contributed by atoms with Crippen molar-refractivity contribution in [2.75, 3.05) is 19.6 Å². The van der Waals surface area contributed by atoms with Gasteiger partial charge < -0.3 is 5.32 Å². The fraction of sp³-hybridized carbons (Fsp3) is 1.00. The smallest absolute Gasteiger partial charge is 0.0365 e. The highest BCUT2D eigenvalue weighted by atomic mass is 15.2. The van der Waals surface area contributed by atoms with Crippen LogP contribution in [0.4, 0.5) is 0 Å². The summed E-state index contributed by atoms with van der Waals surface area (Å²) in [6, 6.07) is 0.702. The van der Waals surface area contributed by atoms with Crippen molar-refractivity contribution in [2.45, 2.75) is 90.1 Å². The minimum Gasteiger partial charge on any atom is -0.312 e. The maximum absolute atomic E-state index is 3.91. The van der Waals surface area contributed by atoms with Gasteiger partial charge in [-0.3, -0.25) is 4.90 Å². The molecule has 1 saturated heterocycles. The van der Waals surface area contributed by atoms with Crippen molar-refractivity contribution in [3.63, 3.8) is 0 Å². The van der Waals surface area contributed by atoms with Gasteiger partial charge in [-0.15, -0.1) is 0 Å². The van der Waals surface area contributed by atoms with Crippen LogP contribution in [0, 0.1) is 5.92 Å². The quantitative estimate of drug-likeness (QED) is 0.752. The number of nitrogens with zero attached hydrogens (tertiary/aromatic N) is 1. The Labute approximate surface area is 126 Å². The Balaban J connectivity index is 2.18. The number of piperidine rings is 1. The van der Waals surface area contributed by atoms with Crippen LogP contribution < -0.4 is 5.32 Å². The van der Waals surface area contributed by atoms with Gasteiger partial charge in [0.25, 0.3) is 0 Å². The first kappa shape index (κ1) is 16.3. The molecule has 0 aromatic rings. The van der Waals surface area contributed by atoms with E-state index in [1.54, 1.807) is 0 Å². The lowest BCUT2D eigenvalue weighted by Crippen LogP contribution is -2.63. The highest BCUT2D eigenvalue weighted by Crippen LogP contribution is 2.42. The van der Waals surface area contributed by atoms with Crippen LogP contribution in [-0.4, -0.2) is 36.1 Å². The molecule has 2 unspecified atom stereocenters. The molecule has 20 heavy (non-hydrogen) atoms. The zero-order chi connectivity index (χ0) is 14.4. The summed E-state index contributed by atoms with van der Waals surface area (Å²) >= 11 is 0. The molecule has 2 heteroatoms. The van der Waals surface area contributed by atoms with Gasteiger partial charge in [0.15, 0.2) is 0 Å². The molecule has 0 aromatic heterocycles. The van der Waals surface area contributed by atoms with Gasteiger partial charge in [0.2, 0.25) is 0 Å². The van der Waals surface area contributed by atoms with Crippen LogP contribution in [0.5, 0.6) is 0 Å². The molecule has 1 N–H and O–H groups in total. The first-order chi connectivity index (χ1) is 9.74. The molecule has 0 spiro atoms. The van der Waals surface area contributed by atoms with Crippen molar-refractivity contribution >= 4 is 0 Å². The molecule has 2 nitrogen and oxygen atoms in total. The Bertz CT molecular complexity index is 265. The summed E-state index contributed by atoms with van der Waals surface area (Å²) in [7, 11) is 0. The normalized spacial score (nSPS) is 26.6. The van der Waals surface area contributed by atoms with Gasteiger partial charge in [-0.25, -0.2) is 0 Å². The van der Waals surface area contributed by atoms with Crippen molar-refractivity contribution in [3.05, 3.63) is 0 Å². The van der Waals surface area contributed by atoms with E-state index in [4.69, 9.17) is 0 Å². The third-order valence-corrected chi connectivity index (χ3v) is 5.77. The Morgan fingerprint density at radius 3 is 2.20 bits per heavy atom. The van der Waals surface area contributed by atoms with Crippen LogP contribution in [0.15, 0.2) is 0 Å². The number of likely N-dealkylation sites (tertiary alicyclic amines) is 1. The Morgan fingerprint density at radius 1 is 1.00 bits per heavy atom. The molecule has 0 aromatic carbocycles. The number of hydrogen-bond acceptors (Lipinski definition) is 2. The molecule has 0 amide bonds. The number of hydrogen-bond donors (Lipinski definition) is 1. The van der Waals surface area contributed by atoms with Crippen molar-refractivity contribution in [1.29, 1.82) is 0 Å². The topological polar surface area (TPSA) is 15.3 Å². The van der Waals surface area contributed by atoms with Gasteiger partial charge in [-0.1, -0.05) is 46.5 Å². The Hall–Kier alpha value is -0.0800. The van der Waals surface area contributed by atoms with Gasteiger partial charge in [-0.2, -0.15) is 0 Å². The predicted molar refractivity (Wildman–Crippen MR) is 88.2 cm³/mol. The largest absolute Gasteiger partial charge is 0.312 e. The van der Waals surface area contributed by atoms with Crippen molar-refractivity contribution in [3.8, 4) is 0 Å². The third-order valence-electron chi connectivity index (χ3n) is 5.77. The molecule has 2 aliphatic rings. The summed E-state index contributed by atoms with van der Waals surface area (Å²) in [4.78, 5) is 2.89. The minimum absolute atomic E-state index is 0.477. The van der Waals surface area contributed by atoms with E-state index in [1.807, 2.05) is 0 Å². The molecule has 118 valence electrons. The van der Waals surface area contributed by atoms with E-state index < -0.39 is 0 Å². The summed E-state index contributed by atoms with van der Waals surface area (Å²) < 4.78 is 0. The van der Waals surface area contributed by atoms with Crippen LogP contribution in [0.25, 0.3) is 0 Å². The van der Waals surface area contributed by atoms with Gasteiger partial charge >= 0.3 is 0 Å². The van der Waals surface area contributed by atoms with Gasteiger partial charge in [0.1, 0.15) is 0 Å². The Morgan fingerprint density at radius 2 is 1.65 bits per heavy atom. The molecule has 0 radical (unpaired) electrons. The summed E-state index contributed by atoms with van der Waals surface area (Å²) in [5, 5.41) is 3.91. The standard InChI is InChI=1S/C18H36N2/c1-4-11-16(3)17(19-5-2)18(12-7-8-13-18)20-14-9-6-10-15-20/h16-17,19H,4-15H2,1-3H3. The molecule has 2 atom stereocenters. The van der Waals surface area contributed by atoms with Crippen molar-refractivity contribution in [2.24, 2.45) is 5.92 Å². The molecule has 1 saturated carbocycles. The fourth-order valence-electron chi connectivity index (χ4n) is 4.91. The molecule has 1 aliphatic heterocycles. The molecule has 1 aliphatic carbocycles. The van der Waals surface area contributed by atoms with Crippen LogP contribution >= 0.6 is 0 Å². The highest BCUT2D eigenvalue weighted by Gasteiger charge is 2.47. The average Bonchev–Trinajstić information content (AvgIpc) is 2.96. The van der Waals surface area contributed by atoms with E-state index in [1.165, 1.54) is 70.9 Å². The monoisotopic (exact) mass is 280 g/mol. The molecule has 1 heterocycles. The lowest BCUT2D eigenvalue weighted by Gasteiger charge is -2.50. The van der Waals surface area contributed by atoms with E-state index in [2.05, 4.69) is 31.0 Å². The zero-order valence-corrected chi connectivity index (χ0v) is 14.1. The molecule has 2 rings (SSSR count). The lowest BCUT2D eigenvalue weighted by atomic mass is 9.77. The van der Waals surface area contributed by atoms with E-state index in [0.717, 1.165) is 12.5 Å². The number of nitrogens with one attached hydrogen (secondary N) is 1. The molecule has 0 bridgehead atoms. The third kappa shape index (κ3) is 3.39. The lowest BCUT2D eigenvalue weighted by molar-refractivity contribution is 0.0185. The van der Waals surface area contributed by atoms with Crippen molar-refractivity contribution in [1.82, 2.24) is 10.2 Å². The second kappa shape index (κ2) is 7.79. The summed E-state index contributed by atoms with van der Waals surface area (Å²) in [5.41, 5.74) is 0.477. The fourth-order valence-corrected chi connectivity index (χ4v) is 4.91. The van der Waals surface area contributed by atoms with E-state index in [-0.39, 0.29) is 0 Å². The maximum atomic E-state index is 3.91. The zero-order valence-electron chi connectivity index (χ0n) is 14.1. The Kier molecular flexibility index (Phi) is 6.35. The van der Waals surface area contributed by atoms with Gasteiger partial charge in [0, 0.05) is 11.6 Å². The van der Waals surface area contributed by atoms with Gasteiger partial charge in [-0.05, 0) is 57.7 Å². The summed E-state index contributed by atoms with van der Waals surface area (Å²) in [5.74, 6) is 0.806. The van der Waals surface area contributed by atoms with Crippen molar-refractivity contribution < 1.29 is 0 Å². The van der Waals surface area contributed by atoms with Crippen LogP contribution in [-0.2, 0) is 0 Å². The minimum atomic E-state index is 0.477.